The van der Waals surface area contributed by atoms with Gasteiger partial charge in [-0.05, 0) is 37.3 Å². The van der Waals surface area contributed by atoms with Crippen molar-refractivity contribution in [2.75, 3.05) is 36.4 Å². The largest absolute Gasteiger partial charge is 0.480 e. The number of aromatic amines is 1. The third kappa shape index (κ3) is 4.06. The third-order valence-corrected chi connectivity index (χ3v) is 6.26. The number of hydrogen-bond donors (Lipinski definition) is 3. The first-order valence-electron chi connectivity index (χ1n) is 11.2. The summed E-state index contributed by atoms with van der Waals surface area (Å²) in [6, 6.07) is 12.5. The number of rotatable bonds is 5. The summed E-state index contributed by atoms with van der Waals surface area (Å²) in [4.78, 5) is 40.7. The van der Waals surface area contributed by atoms with Crippen molar-refractivity contribution in [1.29, 1.82) is 0 Å². The number of nitrogens with one attached hydrogen (secondary N) is 2. The van der Waals surface area contributed by atoms with Crippen LogP contribution >= 0.6 is 0 Å². The lowest BCUT2D eigenvalue weighted by atomic mass is 10.0. The number of anilines is 2. The van der Waals surface area contributed by atoms with Gasteiger partial charge in [0.2, 0.25) is 5.91 Å². The van der Waals surface area contributed by atoms with E-state index < -0.39 is 12.0 Å². The summed E-state index contributed by atoms with van der Waals surface area (Å²) in [5.41, 5.74) is 4.74. The quantitative estimate of drug-likeness (QED) is 0.420. The van der Waals surface area contributed by atoms with E-state index in [-0.39, 0.29) is 5.91 Å². The molecular weight excluding hydrogens is 432 g/mol. The number of H-pyrrole nitrogens is 1. The van der Waals surface area contributed by atoms with Crippen LogP contribution in [0.3, 0.4) is 0 Å². The average Bonchev–Trinajstić information content (AvgIpc) is 3.21. The highest BCUT2D eigenvalue weighted by atomic mass is 16.4. The highest BCUT2D eigenvalue weighted by Gasteiger charge is 2.33. The second-order valence-corrected chi connectivity index (χ2v) is 8.57. The van der Waals surface area contributed by atoms with Crippen molar-refractivity contribution in [3.8, 4) is 0 Å². The van der Waals surface area contributed by atoms with Crippen LogP contribution in [-0.4, -0.2) is 63.0 Å². The lowest BCUT2D eigenvalue weighted by Crippen LogP contribution is -2.49. The number of aromatic nitrogens is 3. The fourth-order valence-corrected chi connectivity index (χ4v) is 4.71. The molecule has 4 aromatic rings. The number of nitrogens with zero attached hydrogens (tertiary/aromatic N) is 4. The molecule has 1 aliphatic rings. The van der Waals surface area contributed by atoms with Gasteiger partial charge in [0, 0.05) is 61.5 Å². The Morgan fingerprint density at radius 1 is 1.06 bits per heavy atom. The van der Waals surface area contributed by atoms with Crippen LogP contribution in [0.2, 0.25) is 0 Å². The smallest absolute Gasteiger partial charge is 0.325 e. The van der Waals surface area contributed by atoms with E-state index >= 15 is 0 Å². The van der Waals surface area contributed by atoms with Crippen molar-refractivity contribution in [2.45, 2.75) is 19.9 Å². The molecule has 0 bridgehead atoms. The maximum Gasteiger partial charge on any atom is 0.325 e. The van der Waals surface area contributed by atoms with Gasteiger partial charge in [0.15, 0.2) is 5.82 Å². The fourth-order valence-electron chi connectivity index (χ4n) is 4.71. The molecule has 3 N–H and O–H groups in total. The van der Waals surface area contributed by atoms with E-state index in [1.807, 2.05) is 48.2 Å². The predicted molar refractivity (Wildman–Crippen MR) is 131 cm³/mol. The zero-order valence-electron chi connectivity index (χ0n) is 19.1. The molecule has 174 valence electrons. The van der Waals surface area contributed by atoms with Gasteiger partial charge in [-0.15, -0.1) is 0 Å². The minimum atomic E-state index is -0.902. The Kier molecular flexibility index (Phi) is 5.62. The van der Waals surface area contributed by atoms with Gasteiger partial charge >= 0.3 is 5.97 Å². The SMILES string of the molecule is CC(=O)Nc1ccc2[nH]cc(C(C(=O)O)N3CCN(c4nc5ccccc5nc4C)CC3)c2c1. The molecule has 1 atom stereocenters. The molecule has 2 aromatic heterocycles. The van der Waals surface area contributed by atoms with Crippen LogP contribution in [0.5, 0.6) is 0 Å². The fraction of sp³-hybridized carbons (Fsp3) is 0.280. The van der Waals surface area contributed by atoms with Crippen LogP contribution in [0.25, 0.3) is 21.9 Å². The number of carbonyl (C=O) groups excluding carboxylic acids is 1. The minimum absolute atomic E-state index is 0.172. The zero-order valence-corrected chi connectivity index (χ0v) is 19.1. The molecule has 0 saturated carbocycles. The normalized spacial score (nSPS) is 15.5. The highest BCUT2D eigenvalue weighted by molar-refractivity contribution is 5.95. The Morgan fingerprint density at radius 3 is 2.44 bits per heavy atom. The van der Waals surface area contributed by atoms with Crippen LogP contribution in [-0.2, 0) is 9.59 Å². The van der Waals surface area contributed by atoms with Crippen LogP contribution in [0.4, 0.5) is 11.5 Å². The number of carboxylic acid groups (broad SMARTS) is 1. The first-order chi connectivity index (χ1) is 16.4. The average molecular weight is 459 g/mol. The second kappa shape index (κ2) is 8.75. The maximum absolute atomic E-state index is 12.4. The van der Waals surface area contributed by atoms with Crippen LogP contribution < -0.4 is 10.2 Å². The number of fused-ring (bicyclic) bond motifs is 2. The van der Waals surface area contributed by atoms with Gasteiger partial charge in [-0.1, -0.05) is 12.1 Å². The van der Waals surface area contributed by atoms with E-state index in [2.05, 4.69) is 15.2 Å². The Hall–Kier alpha value is -3.98. The summed E-state index contributed by atoms with van der Waals surface area (Å²) >= 11 is 0. The molecule has 9 heteroatoms. The predicted octanol–water partition coefficient (Wildman–Crippen LogP) is 3.33. The van der Waals surface area contributed by atoms with Gasteiger partial charge in [-0.25, -0.2) is 9.97 Å². The molecule has 1 saturated heterocycles. The number of benzene rings is 2. The summed E-state index contributed by atoms with van der Waals surface area (Å²) in [5, 5.41) is 13.7. The van der Waals surface area contributed by atoms with E-state index in [1.165, 1.54) is 6.92 Å². The number of aliphatic carboxylic acids is 1. The van der Waals surface area contributed by atoms with Crippen molar-refractivity contribution >= 4 is 45.3 Å². The molecule has 2 aromatic carbocycles. The van der Waals surface area contributed by atoms with Crippen molar-refractivity contribution in [2.24, 2.45) is 0 Å². The number of piperazine rings is 1. The molecule has 3 heterocycles. The summed E-state index contributed by atoms with van der Waals surface area (Å²) in [5.74, 6) is -0.229. The van der Waals surface area contributed by atoms with Gasteiger partial charge in [0.25, 0.3) is 0 Å². The van der Waals surface area contributed by atoms with Crippen molar-refractivity contribution in [3.63, 3.8) is 0 Å². The topological polar surface area (TPSA) is 114 Å². The van der Waals surface area contributed by atoms with Crippen LogP contribution in [0.1, 0.15) is 24.2 Å². The molecular formula is C25H26N6O3. The highest BCUT2D eigenvalue weighted by Crippen LogP contribution is 2.32. The molecule has 34 heavy (non-hydrogen) atoms. The number of aryl methyl sites for hydroxylation is 1. The summed E-state index contributed by atoms with van der Waals surface area (Å²) in [6.07, 6.45) is 1.76. The Bertz CT molecular complexity index is 1390. The standard InChI is InChI=1S/C25H26N6O3/c1-15-24(29-22-6-4-3-5-21(22)27-15)31-11-9-30(10-12-31)23(25(33)34)19-14-26-20-8-7-17(13-18(19)20)28-16(2)32/h3-8,13-14,23,26H,9-12H2,1-2H3,(H,28,32)(H,33,34). The lowest BCUT2D eigenvalue weighted by Gasteiger charge is -2.38. The van der Waals surface area contributed by atoms with E-state index in [0.29, 0.717) is 37.4 Å². The van der Waals surface area contributed by atoms with E-state index in [4.69, 9.17) is 9.97 Å². The molecule has 0 radical (unpaired) electrons. The van der Waals surface area contributed by atoms with Gasteiger partial charge in [0.1, 0.15) is 6.04 Å². The summed E-state index contributed by atoms with van der Waals surface area (Å²) < 4.78 is 0. The van der Waals surface area contributed by atoms with Gasteiger partial charge in [0.05, 0.1) is 16.7 Å². The minimum Gasteiger partial charge on any atom is -0.480 e. The molecule has 1 aliphatic heterocycles. The Morgan fingerprint density at radius 2 is 1.76 bits per heavy atom. The Labute approximate surface area is 196 Å². The molecule has 9 nitrogen and oxygen atoms in total. The van der Waals surface area contributed by atoms with Gasteiger partial charge in [-0.2, -0.15) is 0 Å². The number of hydrogen-bond acceptors (Lipinski definition) is 6. The number of carbonyl (C=O) groups is 2. The number of amides is 1. The Balaban J connectivity index is 1.39. The molecule has 1 amide bonds. The van der Waals surface area contributed by atoms with E-state index in [9.17, 15) is 14.7 Å². The van der Waals surface area contributed by atoms with Gasteiger partial charge < -0.3 is 20.3 Å². The van der Waals surface area contributed by atoms with Crippen molar-refractivity contribution in [1.82, 2.24) is 19.9 Å². The summed E-state index contributed by atoms with van der Waals surface area (Å²) in [6.45, 7) is 5.85. The molecule has 0 aliphatic carbocycles. The first-order valence-corrected chi connectivity index (χ1v) is 11.2. The molecule has 5 rings (SSSR count). The maximum atomic E-state index is 12.4. The second-order valence-electron chi connectivity index (χ2n) is 8.57. The van der Waals surface area contributed by atoms with Crippen LogP contribution in [0, 0.1) is 6.92 Å². The van der Waals surface area contributed by atoms with Crippen molar-refractivity contribution < 1.29 is 14.7 Å². The summed E-state index contributed by atoms with van der Waals surface area (Å²) in [7, 11) is 0. The van der Waals surface area contributed by atoms with Crippen molar-refractivity contribution in [3.05, 3.63) is 59.9 Å². The molecule has 1 unspecified atom stereocenters. The molecule has 1 fully saturated rings. The number of carboxylic acids is 1. The lowest BCUT2D eigenvalue weighted by molar-refractivity contribution is -0.143. The van der Waals surface area contributed by atoms with E-state index in [0.717, 1.165) is 33.4 Å². The first kappa shape index (κ1) is 21.8. The third-order valence-electron chi connectivity index (χ3n) is 6.26. The monoisotopic (exact) mass is 458 g/mol. The zero-order chi connectivity index (χ0) is 23.8. The van der Waals surface area contributed by atoms with Crippen LogP contribution in [0.15, 0.2) is 48.7 Å². The molecule has 0 spiro atoms. The van der Waals surface area contributed by atoms with Gasteiger partial charge in [-0.3, -0.25) is 14.5 Å². The number of para-hydroxylation sites is 2. The van der Waals surface area contributed by atoms with E-state index in [1.54, 1.807) is 12.3 Å².